The maximum absolute atomic E-state index is 10.4. The molecule has 0 saturated heterocycles. The number of aliphatic imine (C=N–C) groups is 2. The molecule has 0 radical (unpaired) electrons. The molecule has 0 bridgehead atoms. The van der Waals surface area contributed by atoms with Gasteiger partial charge in [0.15, 0.2) is 0 Å². The minimum Gasteiger partial charge on any atom is -0.211 e. The molecular weight excluding hydrogens is 216 g/mol. The van der Waals surface area contributed by atoms with E-state index < -0.39 is 0 Å². The standard InChI is InChI=1S/C13H22N2O2/c1-3-5-8-13(15-11-17)12(4-2)7-6-9-14-10-16/h12-13H,3-9H2,1-2H3. The van der Waals surface area contributed by atoms with Gasteiger partial charge in [-0.1, -0.05) is 33.1 Å². The summed E-state index contributed by atoms with van der Waals surface area (Å²) in [6.07, 6.45) is 9.14. The summed E-state index contributed by atoms with van der Waals surface area (Å²) in [5.74, 6) is 0.393. The highest BCUT2D eigenvalue weighted by Gasteiger charge is 2.18. The summed E-state index contributed by atoms with van der Waals surface area (Å²) < 4.78 is 0. The Morgan fingerprint density at radius 1 is 1.06 bits per heavy atom. The van der Waals surface area contributed by atoms with E-state index >= 15 is 0 Å². The highest BCUT2D eigenvalue weighted by molar-refractivity contribution is 5.33. The van der Waals surface area contributed by atoms with Crippen molar-refractivity contribution < 1.29 is 9.59 Å². The third-order valence-corrected chi connectivity index (χ3v) is 3.05. The van der Waals surface area contributed by atoms with Crippen molar-refractivity contribution in [2.45, 2.75) is 58.4 Å². The maximum Gasteiger partial charge on any atom is 0.235 e. The fraction of sp³-hybridized carbons (Fsp3) is 0.846. The lowest BCUT2D eigenvalue weighted by Crippen LogP contribution is -2.18. The average molecular weight is 238 g/mol. The summed E-state index contributed by atoms with van der Waals surface area (Å²) >= 11 is 0. The van der Waals surface area contributed by atoms with Crippen LogP contribution in [-0.2, 0) is 9.59 Å². The van der Waals surface area contributed by atoms with Crippen molar-refractivity contribution >= 4 is 12.2 Å². The Labute approximate surface area is 103 Å². The van der Waals surface area contributed by atoms with Gasteiger partial charge in [0.05, 0.1) is 12.6 Å². The van der Waals surface area contributed by atoms with Crippen molar-refractivity contribution in [3.8, 4) is 0 Å². The van der Waals surface area contributed by atoms with Crippen LogP contribution in [0.15, 0.2) is 9.98 Å². The van der Waals surface area contributed by atoms with Crippen LogP contribution in [0.3, 0.4) is 0 Å². The molecule has 96 valence electrons. The summed E-state index contributed by atoms with van der Waals surface area (Å²) in [5.41, 5.74) is 0. The molecule has 0 rings (SSSR count). The predicted molar refractivity (Wildman–Crippen MR) is 67.4 cm³/mol. The molecule has 4 nitrogen and oxygen atoms in total. The van der Waals surface area contributed by atoms with Crippen molar-refractivity contribution in [2.75, 3.05) is 6.54 Å². The molecular formula is C13H22N2O2. The van der Waals surface area contributed by atoms with Crippen molar-refractivity contribution in [3.63, 3.8) is 0 Å². The minimum absolute atomic E-state index is 0.0812. The van der Waals surface area contributed by atoms with Crippen LogP contribution in [0.4, 0.5) is 0 Å². The van der Waals surface area contributed by atoms with Gasteiger partial charge in [0.25, 0.3) is 0 Å². The van der Waals surface area contributed by atoms with E-state index in [1.54, 1.807) is 6.08 Å². The fourth-order valence-corrected chi connectivity index (χ4v) is 2.03. The number of rotatable bonds is 10. The van der Waals surface area contributed by atoms with E-state index in [0.29, 0.717) is 12.5 Å². The van der Waals surface area contributed by atoms with Gasteiger partial charge in [0.2, 0.25) is 12.2 Å². The Hall–Kier alpha value is -1.24. The van der Waals surface area contributed by atoms with Gasteiger partial charge in [-0.25, -0.2) is 19.6 Å². The number of isocyanates is 2. The van der Waals surface area contributed by atoms with Gasteiger partial charge in [0.1, 0.15) is 0 Å². The summed E-state index contributed by atoms with van der Waals surface area (Å²) in [4.78, 5) is 27.8. The monoisotopic (exact) mass is 238 g/mol. The number of unbranched alkanes of at least 4 members (excludes halogenated alkanes) is 1. The quantitative estimate of drug-likeness (QED) is 0.333. The van der Waals surface area contributed by atoms with Crippen LogP contribution in [0.1, 0.15) is 52.4 Å². The number of hydrogen-bond donors (Lipinski definition) is 0. The first-order valence-corrected chi connectivity index (χ1v) is 6.40. The van der Waals surface area contributed by atoms with E-state index in [0.717, 1.165) is 38.5 Å². The molecule has 0 spiro atoms. The molecule has 0 fully saturated rings. The van der Waals surface area contributed by atoms with E-state index in [1.165, 1.54) is 6.08 Å². The molecule has 0 heterocycles. The molecule has 0 saturated carbocycles. The van der Waals surface area contributed by atoms with E-state index in [1.807, 2.05) is 0 Å². The Morgan fingerprint density at radius 2 is 1.82 bits per heavy atom. The van der Waals surface area contributed by atoms with E-state index in [4.69, 9.17) is 0 Å². The Bertz CT molecular complexity index is 279. The highest BCUT2D eigenvalue weighted by atomic mass is 16.1. The van der Waals surface area contributed by atoms with Gasteiger partial charge in [-0.3, -0.25) is 0 Å². The molecule has 2 unspecified atom stereocenters. The van der Waals surface area contributed by atoms with Crippen molar-refractivity contribution in [2.24, 2.45) is 15.9 Å². The van der Waals surface area contributed by atoms with Crippen molar-refractivity contribution in [1.82, 2.24) is 0 Å². The largest absolute Gasteiger partial charge is 0.235 e. The Kier molecular flexibility index (Phi) is 10.4. The molecule has 0 aromatic carbocycles. The number of carbonyl (C=O) groups excluding carboxylic acids is 2. The van der Waals surface area contributed by atoms with E-state index in [-0.39, 0.29) is 6.04 Å². The first kappa shape index (κ1) is 15.8. The molecule has 0 amide bonds. The van der Waals surface area contributed by atoms with Gasteiger partial charge in [0, 0.05) is 0 Å². The van der Waals surface area contributed by atoms with E-state index in [2.05, 4.69) is 23.8 Å². The summed E-state index contributed by atoms with van der Waals surface area (Å²) in [7, 11) is 0. The number of nitrogens with zero attached hydrogens (tertiary/aromatic N) is 2. The van der Waals surface area contributed by atoms with Crippen LogP contribution in [0, 0.1) is 5.92 Å². The summed E-state index contributed by atoms with van der Waals surface area (Å²) in [6.45, 7) is 4.75. The first-order chi connectivity index (χ1) is 8.29. The topological polar surface area (TPSA) is 58.9 Å². The zero-order chi connectivity index (χ0) is 12.9. The smallest absolute Gasteiger partial charge is 0.211 e. The van der Waals surface area contributed by atoms with E-state index in [9.17, 15) is 9.59 Å². The highest BCUT2D eigenvalue weighted by Crippen LogP contribution is 2.22. The Morgan fingerprint density at radius 3 is 2.35 bits per heavy atom. The maximum atomic E-state index is 10.4. The van der Waals surface area contributed by atoms with Crippen LogP contribution in [-0.4, -0.2) is 24.7 Å². The third-order valence-electron chi connectivity index (χ3n) is 3.05. The Balaban J connectivity index is 4.22. The molecule has 0 aromatic rings. The third kappa shape index (κ3) is 7.62. The molecule has 0 aromatic heterocycles. The second kappa shape index (κ2) is 11.3. The SMILES string of the molecule is CCCCC(N=C=O)C(CC)CCCN=C=O. The van der Waals surface area contributed by atoms with Gasteiger partial charge >= 0.3 is 0 Å². The zero-order valence-corrected chi connectivity index (χ0v) is 10.8. The molecule has 17 heavy (non-hydrogen) atoms. The van der Waals surface area contributed by atoms with Gasteiger partial charge in [-0.15, -0.1) is 0 Å². The molecule has 2 atom stereocenters. The minimum atomic E-state index is 0.0812. The normalized spacial score (nSPS) is 13.3. The van der Waals surface area contributed by atoms with Crippen LogP contribution in [0.2, 0.25) is 0 Å². The summed E-state index contributed by atoms with van der Waals surface area (Å²) in [5, 5.41) is 0. The van der Waals surface area contributed by atoms with Gasteiger partial charge in [-0.2, -0.15) is 0 Å². The van der Waals surface area contributed by atoms with Gasteiger partial charge in [-0.05, 0) is 25.2 Å². The predicted octanol–water partition coefficient (Wildman–Crippen LogP) is 3.02. The molecule has 4 heteroatoms. The molecule has 0 N–H and O–H groups in total. The number of hydrogen-bond acceptors (Lipinski definition) is 4. The molecule has 0 aliphatic heterocycles. The average Bonchev–Trinajstić information content (AvgIpc) is 2.35. The first-order valence-electron chi connectivity index (χ1n) is 6.40. The molecule has 0 aliphatic carbocycles. The second-order valence-electron chi connectivity index (χ2n) is 4.21. The van der Waals surface area contributed by atoms with Crippen LogP contribution in [0.5, 0.6) is 0 Å². The van der Waals surface area contributed by atoms with Crippen LogP contribution < -0.4 is 0 Å². The van der Waals surface area contributed by atoms with Crippen LogP contribution >= 0.6 is 0 Å². The second-order valence-corrected chi connectivity index (χ2v) is 4.21. The summed E-state index contributed by atoms with van der Waals surface area (Å²) in [6, 6.07) is 0.0812. The van der Waals surface area contributed by atoms with Crippen LogP contribution in [0.25, 0.3) is 0 Å². The zero-order valence-electron chi connectivity index (χ0n) is 10.8. The lowest BCUT2D eigenvalue weighted by molar-refractivity contribution is 0.353. The lowest BCUT2D eigenvalue weighted by Gasteiger charge is -2.21. The van der Waals surface area contributed by atoms with Crippen molar-refractivity contribution in [1.29, 1.82) is 0 Å². The van der Waals surface area contributed by atoms with Crippen molar-refractivity contribution in [3.05, 3.63) is 0 Å². The molecule has 0 aliphatic rings. The lowest BCUT2D eigenvalue weighted by atomic mass is 9.89. The fourth-order valence-electron chi connectivity index (χ4n) is 2.03. The van der Waals surface area contributed by atoms with Gasteiger partial charge < -0.3 is 0 Å².